The molecule has 0 aromatic carbocycles. The number of esters is 1. The minimum atomic E-state index is -0.562. The second-order valence-electron chi connectivity index (χ2n) is 5.15. The van der Waals surface area contributed by atoms with Gasteiger partial charge < -0.3 is 9.64 Å². The van der Waals surface area contributed by atoms with E-state index in [1.165, 1.54) is 19.4 Å². The van der Waals surface area contributed by atoms with Crippen molar-refractivity contribution in [2.45, 2.75) is 44.2 Å². The molecule has 2 atom stereocenters. The third-order valence-corrected chi connectivity index (χ3v) is 4.10. The summed E-state index contributed by atoms with van der Waals surface area (Å²) in [5.41, 5.74) is -0.562. The van der Waals surface area contributed by atoms with Crippen LogP contribution in [0.5, 0.6) is 0 Å². The lowest BCUT2D eigenvalue weighted by atomic mass is 9.83. The summed E-state index contributed by atoms with van der Waals surface area (Å²) in [4.78, 5) is 14.7. The van der Waals surface area contributed by atoms with Crippen molar-refractivity contribution in [3.8, 4) is 12.3 Å². The summed E-state index contributed by atoms with van der Waals surface area (Å²) in [5.74, 6) is 2.43. The standard InChI is InChI=1S/C14H22N2O2/c1-3-8-15-14(13(17)18-4-2)7-10-16-9-5-6-12(16)11-14/h1,12,15H,4-11H2,2H3. The first-order chi connectivity index (χ1) is 8.72. The summed E-state index contributed by atoms with van der Waals surface area (Å²) in [6.07, 6.45) is 9.35. The fourth-order valence-corrected chi connectivity index (χ4v) is 3.17. The molecule has 0 aromatic heterocycles. The van der Waals surface area contributed by atoms with Crippen molar-refractivity contribution in [2.75, 3.05) is 26.2 Å². The molecule has 4 heteroatoms. The van der Waals surface area contributed by atoms with Gasteiger partial charge in [0, 0.05) is 12.6 Å². The highest BCUT2D eigenvalue weighted by atomic mass is 16.5. The van der Waals surface area contributed by atoms with Crippen molar-refractivity contribution in [3.05, 3.63) is 0 Å². The molecule has 0 radical (unpaired) electrons. The van der Waals surface area contributed by atoms with E-state index in [-0.39, 0.29) is 5.97 Å². The van der Waals surface area contributed by atoms with Gasteiger partial charge in [0.1, 0.15) is 5.54 Å². The van der Waals surface area contributed by atoms with Crippen molar-refractivity contribution in [3.63, 3.8) is 0 Å². The van der Waals surface area contributed by atoms with Crippen molar-refractivity contribution in [2.24, 2.45) is 0 Å². The van der Waals surface area contributed by atoms with Crippen molar-refractivity contribution in [1.29, 1.82) is 0 Å². The van der Waals surface area contributed by atoms with Gasteiger partial charge in [0.25, 0.3) is 0 Å². The number of ether oxygens (including phenoxy) is 1. The minimum absolute atomic E-state index is 0.133. The number of carbonyl (C=O) groups excluding carboxylic acids is 1. The van der Waals surface area contributed by atoms with E-state index >= 15 is 0 Å². The molecule has 2 saturated heterocycles. The molecule has 1 N–H and O–H groups in total. The molecule has 0 bridgehead atoms. The number of nitrogens with zero attached hydrogens (tertiary/aromatic N) is 1. The molecule has 100 valence electrons. The van der Waals surface area contributed by atoms with Crippen LogP contribution in [0.1, 0.15) is 32.6 Å². The molecule has 2 aliphatic rings. The molecule has 0 aromatic rings. The SMILES string of the molecule is C#CCNC1(C(=O)OCC)CCN2CCCC2C1. The normalized spacial score (nSPS) is 31.7. The highest BCUT2D eigenvalue weighted by Gasteiger charge is 2.47. The van der Waals surface area contributed by atoms with E-state index in [0.717, 1.165) is 19.4 Å². The first kappa shape index (κ1) is 13.4. The molecular weight excluding hydrogens is 228 g/mol. The molecule has 0 amide bonds. The number of carbonyl (C=O) groups is 1. The van der Waals surface area contributed by atoms with Crippen molar-refractivity contribution >= 4 is 5.97 Å². The molecule has 2 heterocycles. The van der Waals surface area contributed by atoms with Gasteiger partial charge in [-0.25, -0.2) is 0 Å². The topological polar surface area (TPSA) is 41.6 Å². The second-order valence-corrected chi connectivity index (χ2v) is 5.15. The first-order valence-corrected chi connectivity index (χ1v) is 6.81. The van der Waals surface area contributed by atoms with E-state index in [9.17, 15) is 4.79 Å². The van der Waals surface area contributed by atoms with Gasteiger partial charge in [0.2, 0.25) is 0 Å². The van der Waals surface area contributed by atoms with Crippen LogP contribution in [0.25, 0.3) is 0 Å². The van der Waals surface area contributed by atoms with E-state index in [2.05, 4.69) is 16.1 Å². The molecule has 2 fully saturated rings. The highest BCUT2D eigenvalue weighted by molar-refractivity contribution is 5.81. The van der Waals surface area contributed by atoms with E-state index in [0.29, 0.717) is 19.2 Å². The Bertz CT molecular complexity index is 350. The average Bonchev–Trinajstić information content (AvgIpc) is 2.83. The lowest BCUT2D eigenvalue weighted by molar-refractivity contribution is -0.154. The van der Waals surface area contributed by atoms with E-state index in [4.69, 9.17) is 11.2 Å². The zero-order valence-corrected chi connectivity index (χ0v) is 11.1. The van der Waals surface area contributed by atoms with Crippen molar-refractivity contribution in [1.82, 2.24) is 10.2 Å². The Morgan fingerprint density at radius 3 is 3.17 bits per heavy atom. The maximum absolute atomic E-state index is 12.2. The van der Waals surface area contributed by atoms with Gasteiger partial charge in [-0.15, -0.1) is 6.42 Å². The fourth-order valence-electron chi connectivity index (χ4n) is 3.17. The molecule has 0 saturated carbocycles. The van der Waals surface area contributed by atoms with Crippen LogP contribution >= 0.6 is 0 Å². The predicted molar refractivity (Wildman–Crippen MR) is 70.0 cm³/mol. The van der Waals surface area contributed by atoms with Crippen LogP contribution in [0.2, 0.25) is 0 Å². The fraction of sp³-hybridized carbons (Fsp3) is 0.786. The zero-order valence-electron chi connectivity index (χ0n) is 11.1. The summed E-state index contributed by atoms with van der Waals surface area (Å²) < 4.78 is 5.24. The first-order valence-electron chi connectivity index (χ1n) is 6.81. The van der Waals surface area contributed by atoms with Gasteiger partial charge in [-0.2, -0.15) is 0 Å². The number of fused-ring (bicyclic) bond motifs is 1. The van der Waals surface area contributed by atoms with E-state index in [1.807, 2.05) is 6.92 Å². The number of hydrogen-bond acceptors (Lipinski definition) is 4. The van der Waals surface area contributed by atoms with Crippen LogP contribution in [-0.2, 0) is 9.53 Å². The Balaban J connectivity index is 2.10. The number of rotatable bonds is 4. The smallest absolute Gasteiger partial charge is 0.326 e. The molecule has 4 nitrogen and oxygen atoms in total. The van der Waals surface area contributed by atoms with Crippen LogP contribution in [0.4, 0.5) is 0 Å². The number of hydrogen-bond donors (Lipinski definition) is 1. The molecule has 0 spiro atoms. The van der Waals surface area contributed by atoms with Crippen LogP contribution < -0.4 is 5.32 Å². The van der Waals surface area contributed by atoms with Crippen LogP contribution in [-0.4, -0.2) is 48.7 Å². The summed E-state index contributed by atoms with van der Waals surface area (Å²) in [6.45, 7) is 4.81. The van der Waals surface area contributed by atoms with Gasteiger partial charge in [0.05, 0.1) is 13.2 Å². The quantitative estimate of drug-likeness (QED) is 0.591. The van der Waals surface area contributed by atoms with Crippen molar-refractivity contribution < 1.29 is 9.53 Å². The average molecular weight is 250 g/mol. The summed E-state index contributed by atoms with van der Waals surface area (Å²) in [6, 6.07) is 0.508. The van der Waals surface area contributed by atoms with E-state index in [1.54, 1.807) is 0 Å². The maximum atomic E-state index is 12.2. The molecule has 2 unspecified atom stereocenters. The summed E-state index contributed by atoms with van der Waals surface area (Å²) in [7, 11) is 0. The van der Waals surface area contributed by atoms with Gasteiger partial charge in [-0.3, -0.25) is 10.1 Å². The van der Waals surface area contributed by atoms with Crippen LogP contribution in [0.3, 0.4) is 0 Å². The Morgan fingerprint density at radius 1 is 1.61 bits per heavy atom. The Hall–Kier alpha value is -1.05. The summed E-state index contributed by atoms with van der Waals surface area (Å²) >= 11 is 0. The highest BCUT2D eigenvalue weighted by Crippen LogP contribution is 2.33. The Kier molecular flexibility index (Phi) is 4.26. The summed E-state index contributed by atoms with van der Waals surface area (Å²) in [5, 5.41) is 3.24. The molecule has 2 aliphatic heterocycles. The van der Waals surface area contributed by atoms with Gasteiger partial charge >= 0.3 is 5.97 Å². The van der Waals surface area contributed by atoms with Gasteiger partial charge in [-0.05, 0) is 39.2 Å². The van der Waals surface area contributed by atoms with E-state index < -0.39 is 5.54 Å². The molecular formula is C14H22N2O2. The monoisotopic (exact) mass is 250 g/mol. The number of nitrogens with one attached hydrogen (secondary N) is 1. The molecule has 18 heavy (non-hydrogen) atoms. The zero-order chi connectivity index (χ0) is 13.0. The number of terminal acetylenes is 1. The second kappa shape index (κ2) is 5.73. The predicted octanol–water partition coefficient (Wildman–Crippen LogP) is 0.769. The van der Waals surface area contributed by atoms with Gasteiger partial charge in [-0.1, -0.05) is 5.92 Å². The minimum Gasteiger partial charge on any atom is -0.465 e. The molecule has 0 aliphatic carbocycles. The number of piperidine rings is 1. The Labute approximate surface area is 109 Å². The lowest BCUT2D eigenvalue weighted by Gasteiger charge is -2.42. The third-order valence-electron chi connectivity index (χ3n) is 4.10. The largest absolute Gasteiger partial charge is 0.465 e. The molecule has 2 rings (SSSR count). The maximum Gasteiger partial charge on any atom is 0.326 e. The van der Waals surface area contributed by atoms with Crippen LogP contribution in [0.15, 0.2) is 0 Å². The Morgan fingerprint density at radius 2 is 2.44 bits per heavy atom. The van der Waals surface area contributed by atoms with Gasteiger partial charge in [0.15, 0.2) is 0 Å². The van der Waals surface area contributed by atoms with Crippen LogP contribution in [0, 0.1) is 12.3 Å². The lowest BCUT2D eigenvalue weighted by Crippen LogP contribution is -2.60. The third kappa shape index (κ3) is 2.52.